The average molecular weight is 276 g/mol. The van der Waals surface area contributed by atoms with Crippen LogP contribution in [0.5, 0.6) is 0 Å². The average Bonchev–Trinajstić information content (AvgIpc) is 3.04. The van der Waals surface area contributed by atoms with Gasteiger partial charge in [-0.05, 0) is 38.0 Å². The van der Waals surface area contributed by atoms with E-state index in [0.29, 0.717) is 12.5 Å². The molecule has 0 aromatic rings. The van der Waals surface area contributed by atoms with Gasteiger partial charge in [-0.2, -0.15) is 18.4 Å². The number of nitriles is 1. The van der Waals surface area contributed by atoms with E-state index in [0.717, 1.165) is 32.1 Å². The van der Waals surface area contributed by atoms with Gasteiger partial charge in [-0.3, -0.25) is 5.32 Å². The predicted molar refractivity (Wildman–Crippen MR) is 63.3 cm³/mol. The first-order chi connectivity index (χ1) is 8.95. The molecule has 108 valence electrons. The summed E-state index contributed by atoms with van der Waals surface area (Å²) in [7, 11) is 0. The Kier molecular flexibility index (Phi) is 4.36. The summed E-state index contributed by atoms with van der Waals surface area (Å²) in [4.78, 5) is 0. The molecular weight excluding hydrogens is 257 g/mol. The summed E-state index contributed by atoms with van der Waals surface area (Å²) < 4.78 is 40.6. The lowest BCUT2D eigenvalue weighted by molar-refractivity contribution is -0.174. The van der Waals surface area contributed by atoms with Crippen molar-refractivity contribution in [2.75, 3.05) is 13.2 Å². The first-order valence-electron chi connectivity index (χ1n) is 6.79. The molecule has 0 heterocycles. The third-order valence-corrected chi connectivity index (χ3v) is 3.94. The SMILES string of the molecule is N#CC1(NC2CC2)CCCC1CCOCC(F)(F)F. The van der Waals surface area contributed by atoms with Gasteiger partial charge < -0.3 is 4.74 Å². The Labute approximate surface area is 111 Å². The number of ether oxygens (including phenoxy) is 1. The van der Waals surface area contributed by atoms with Crippen LogP contribution in [-0.2, 0) is 4.74 Å². The van der Waals surface area contributed by atoms with E-state index in [9.17, 15) is 18.4 Å². The van der Waals surface area contributed by atoms with Crippen molar-refractivity contribution in [2.45, 2.75) is 56.3 Å². The molecule has 0 bridgehead atoms. The number of nitrogens with zero attached hydrogens (tertiary/aromatic N) is 1. The topological polar surface area (TPSA) is 45.0 Å². The third kappa shape index (κ3) is 4.08. The Balaban J connectivity index is 1.79. The molecule has 2 saturated carbocycles. The molecule has 0 saturated heterocycles. The number of hydrogen-bond donors (Lipinski definition) is 1. The third-order valence-electron chi connectivity index (χ3n) is 3.94. The van der Waals surface area contributed by atoms with Crippen molar-refractivity contribution < 1.29 is 17.9 Å². The van der Waals surface area contributed by atoms with Crippen LogP contribution >= 0.6 is 0 Å². The van der Waals surface area contributed by atoms with E-state index in [1.807, 2.05) is 0 Å². The lowest BCUT2D eigenvalue weighted by atomic mass is 9.86. The molecule has 2 rings (SSSR count). The second kappa shape index (κ2) is 5.68. The second-order valence-electron chi connectivity index (χ2n) is 5.55. The zero-order valence-corrected chi connectivity index (χ0v) is 10.8. The zero-order chi connectivity index (χ0) is 13.9. The molecule has 0 spiro atoms. The molecule has 2 atom stereocenters. The number of rotatable bonds is 6. The fourth-order valence-electron chi connectivity index (χ4n) is 2.84. The first kappa shape index (κ1) is 14.6. The molecule has 0 aromatic carbocycles. The molecule has 0 aromatic heterocycles. The molecule has 2 aliphatic rings. The molecule has 0 aliphatic heterocycles. The molecule has 0 amide bonds. The van der Waals surface area contributed by atoms with Gasteiger partial charge in [-0.15, -0.1) is 0 Å². The Hall–Kier alpha value is -0.800. The maximum atomic E-state index is 12.0. The summed E-state index contributed by atoms with van der Waals surface area (Å²) in [6.07, 6.45) is 1.09. The highest BCUT2D eigenvalue weighted by molar-refractivity contribution is 5.16. The minimum absolute atomic E-state index is 0.0694. The second-order valence-corrected chi connectivity index (χ2v) is 5.55. The van der Waals surface area contributed by atoms with Gasteiger partial charge in [0.1, 0.15) is 12.1 Å². The molecule has 19 heavy (non-hydrogen) atoms. The van der Waals surface area contributed by atoms with Gasteiger partial charge in [-0.1, -0.05) is 6.42 Å². The molecule has 1 N–H and O–H groups in total. The summed E-state index contributed by atoms with van der Waals surface area (Å²) in [6, 6.07) is 2.79. The van der Waals surface area contributed by atoms with Crippen molar-refractivity contribution in [3.8, 4) is 6.07 Å². The van der Waals surface area contributed by atoms with Crippen molar-refractivity contribution in [1.82, 2.24) is 5.32 Å². The van der Waals surface area contributed by atoms with Gasteiger partial charge >= 0.3 is 6.18 Å². The number of halogens is 3. The summed E-state index contributed by atoms with van der Waals surface area (Å²) in [5.41, 5.74) is -0.539. The lowest BCUT2D eigenvalue weighted by Crippen LogP contribution is -2.48. The molecule has 2 unspecified atom stereocenters. The normalized spacial score (nSPS) is 31.4. The maximum Gasteiger partial charge on any atom is 0.411 e. The van der Waals surface area contributed by atoms with Crippen molar-refractivity contribution in [1.29, 1.82) is 5.26 Å². The van der Waals surface area contributed by atoms with E-state index >= 15 is 0 Å². The highest BCUT2D eigenvalue weighted by Crippen LogP contribution is 2.40. The van der Waals surface area contributed by atoms with E-state index in [1.165, 1.54) is 0 Å². The van der Waals surface area contributed by atoms with Gasteiger partial charge in [0.15, 0.2) is 0 Å². The van der Waals surface area contributed by atoms with Gasteiger partial charge in [0.25, 0.3) is 0 Å². The van der Waals surface area contributed by atoms with Crippen molar-refractivity contribution >= 4 is 0 Å². The van der Waals surface area contributed by atoms with Crippen LogP contribution < -0.4 is 5.32 Å². The van der Waals surface area contributed by atoms with Crippen molar-refractivity contribution in [3.05, 3.63) is 0 Å². The van der Waals surface area contributed by atoms with Crippen LogP contribution in [0.3, 0.4) is 0 Å². The summed E-state index contributed by atoms with van der Waals surface area (Å²) >= 11 is 0. The molecule has 6 heteroatoms. The Morgan fingerprint density at radius 2 is 2.05 bits per heavy atom. The van der Waals surface area contributed by atoms with E-state index in [4.69, 9.17) is 0 Å². The van der Waals surface area contributed by atoms with Crippen LogP contribution in [0, 0.1) is 17.2 Å². The van der Waals surface area contributed by atoms with E-state index in [1.54, 1.807) is 0 Å². The van der Waals surface area contributed by atoms with E-state index in [2.05, 4.69) is 16.1 Å². The Morgan fingerprint density at radius 3 is 2.63 bits per heavy atom. The van der Waals surface area contributed by atoms with Crippen LogP contribution in [0.1, 0.15) is 38.5 Å². The smallest absolute Gasteiger partial charge is 0.372 e. The van der Waals surface area contributed by atoms with Crippen LogP contribution in [0.25, 0.3) is 0 Å². The number of alkyl halides is 3. The van der Waals surface area contributed by atoms with Crippen LogP contribution in [-0.4, -0.2) is 31.0 Å². The largest absolute Gasteiger partial charge is 0.411 e. The molecular formula is C13H19F3N2O. The lowest BCUT2D eigenvalue weighted by Gasteiger charge is -2.30. The minimum Gasteiger partial charge on any atom is -0.372 e. The molecule has 2 aliphatic carbocycles. The monoisotopic (exact) mass is 276 g/mol. The Bertz CT molecular complexity index is 349. The van der Waals surface area contributed by atoms with Crippen LogP contribution in [0.2, 0.25) is 0 Å². The highest BCUT2D eigenvalue weighted by atomic mass is 19.4. The van der Waals surface area contributed by atoms with Gasteiger partial charge in [-0.25, -0.2) is 0 Å². The number of hydrogen-bond acceptors (Lipinski definition) is 3. The zero-order valence-electron chi connectivity index (χ0n) is 10.8. The fraction of sp³-hybridized carbons (Fsp3) is 0.923. The fourth-order valence-corrected chi connectivity index (χ4v) is 2.84. The molecule has 3 nitrogen and oxygen atoms in total. The quantitative estimate of drug-likeness (QED) is 0.759. The van der Waals surface area contributed by atoms with Crippen molar-refractivity contribution in [2.24, 2.45) is 5.92 Å². The summed E-state index contributed by atoms with van der Waals surface area (Å²) in [5, 5.41) is 12.8. The molecule has 2 fully saturated rings. The number of nitrogens with one attached hydrogen (secondary N) is 1. The summed E-state index contributed by atoms with van der Waals surface area (Å²) in [5.74, 6) is 0.103. The maximum absolute atomic E-state index is 12.0. The molecule has 0 radical (unpaired) electrons. The first-order valence-corrected chi connectivity index (χ1v) is 6.79. The van der Waals surface area contributed by atoms with Gasteiger partial charge in [0, 0.05) is 12.6 Å². The standard InChI is InChI=1S/C13H19F3N2O/c14-13(15,16)9-19-7-5-10-2-1-6-12(10,8-17)18-11-3-4-11/h10-11,18H,1-7,9H2. The highest BCUT2D eigenvalue weighted by Gasteiger charge is 2.45. The summed E-state index contributed by atoms with van der Waals surface area (Å²) in [6.45, 7) is -1.13. The van der Waals surface area contributed by atoms with Gasteiger partial charge in [0.2, 0.25) is 0 Å². The Morgan fingerprint density at radius 1 is 1.32 bits per heavy atom. The minimum atomic E-state index is -4.27. The van der Waals surface area contributed by atoms with Gasteiger partial charge in [0.05, 0.1) is 6.07 Å². The van der Waals surface area contributed by atoms with Crippen LogP contribution in [0.4, 0.5) is 13.2 Å². The van der Waals surface area contributed by atoms with Crippen molar-refractivity contribution in [3.63, 3.8) is 0 Å². The van der Waals surface area contributed by atoms with E-state index < -0.39 is 18.3 Å². The van der Waals surface area contributed by atoms with Crippen LogP contribution in [0.15, 0.2) is 0 Å². The van der Waals surface area contributed by atoms with E-state index in [-0.39, 0.29) is 12.5 Å². The predicted octanol–water partition coefficient (Wildman–Crippen LogP) is 2.77.